The summed E-state index contributed by atoms with van der Waals surface area (Å²) in [5.41, 5.74) is 0. The van der Waals surface area contributed by atoms with E-state index in [-0.39, 0.29) is 6.04 Å². The number of nitrogens with zero attached hydrogens (tertiary/aromatic N) is 2. The number of carbonyl (C=O) groups is 1. The minimum Gasteiger partial charge on any atom is -0.378 e. The monoisotopic (exact) mass is 240 g/mol. The lowest BCUT2D eigenvalue weighted by Crippen LogP contribution is -2.50. The molecule has 2 unspecified atom stereocenters. The highest BCUT2D eigenvalue weighted by atomic mass is 16.6. The van der Waals surface area contributed by atoms with Crippen LogP contribution in [-0.4, -0.2) is 73.9 Å². The predicted molar refractivity (Wildman–Crippen MR) is 61.7 cm³/mol. The van der Waals surface area contributed by atoms with Gasteiger partial charge in [-0.1, -0.05) is 0 Å². The van der Waals surface area contributed by atoms with Gasteiger partial charge in [0.2, 0.25) is 5.91 Å². The zero-order valence-corrected chi connectivity index (χ0v) is 10.1. The normalized spacial score (nSPS) is 34.0. The van der Waals surface area contributed by atoms with Crippen LogP contribution in [0.4, 0.5) is 0 Å². The maximum absolute atomic E-state index is 12.4. The molecule has 5 nitrogen and oxygen atoms in total. The van der Waals surface area contributed by atoms with E-state index in [1.165, 1.54) is 0 Å². The van der Waals surface area contributed by atoms with Crippen molar-refractivity contribution in [1.82, 2.24) is 9.80 Å². The highest BCUT2D eigenvalue weighted by Crippen LogP contribution is 2.23. The Bertz CT molecular complexity index is 287. The van der Waals surface area contributed by atoms with Gasteiger partial charge in [-0.3, -0.25) is 9.69 Å². The van der Waals surface area contributed by atoms with Crippen molar-refractivity contribution >= 4 is 5.91 Å². The summed E-state index contributed by atoms with van der Waals surface area (Å²) in [7, 11) is 0. The minimum atomic E-state index is 0.0947. The van der Waals surface area contributed by atoms with Gasteiger partial charge >= 0.3 is 0 Å². The average molecular weight is 240 g/mol. The molecule has 3 rings (SSSR count). The van der Waals surface area contributed by atoms with Gasteiger partial charge in [0.25, 0.3) is 0 Å². The molecule has 0 aromatic carbocycles. The Balaban J connectivity index is 1.58. The third kappa shape index (κ3) is 2.61. The van der Waals surface area contributed by atoms with E-state index in [1.54, 1.807) is 0 Å². The number of epoxide rings is 1. The third-order valence-electron chi connectivity index (χ3n) is 3.81. The number of amides is 1. The third-order valence-corrected chi connectivity index (χ3v) is 3.81. The Kier molecular flexibility index (Phi) is 3.31. The summed E-state index contributed by atoms with van der Waals surface area (Å²) in [6.45, 7) is 5.72. The predicted octanol–water partition coefficient (Wildman–Crippen LogP) is -0.292. The van der Waals surface area contributed by atoms with Crippen molar-refractivity contribution in [3.8, 4) is 0 Å². The summed E-state index contributed by atoms with van der Waals surface area (Å²) in [6.07, 6.45) is 2.52. The molecule has 3 aliphatic rings. The molecule has 0 N–H and O–H groups in total. The number of morpholine rings is 1. The molecule has 0 bridgehead atoms. The average Bonchev–Trinajstić information content (AvgIpc) is 3.06. The molecule has 3 heterocycles. The first-order valence-electron chi connectivity index (χ1n) is 6.57. The van der Waals surface area contributed by atoms with E-state index >= 15 is 0 Å². The molecule has 3 aliphatic heterocycles. The fourth-order valence-electron chi connectivity index (χ4n) is 2.75. The van der Waals surface area contributed by atoms with Crippen LogP contribution in [0.15, 0.2) is 0 Å². The number of hydrogen-bond acceptors (Lipinski definition) is 4. The molecule has 1 amide bonds. The van der Waals surface area contributed by atoms with Crippen LogP contribution in [0.25, 0.3) is 0 Å². The molecule has 0 aliphatic carbocycles. The van der Waals surface area contributed by atoms with Crippen molar-refractivity contribution in [1.29, 1.82) is 0 Å². The van der Waals surface area contributed by atoms with Gasteiger partial charge in [-0.2, -0.15) is 0 Å². The number of carbonyl (C=O) groups excluding carboxylic acids is 1. The fraction of sp³-hybridized carbons (Fsp3) is 0.917. The zero-order valence-electron chi connectivity index (χ0n) is 10.1. The van der Waals surface area contributed by atoms with Crippen LogP contribution in [0, 0.1) is 0 Å². The Morgan fingerprint density at radius 1 is 1.24 bits per heavy atom. The summed E-state index contributed by atoms with van der Waals surface area (Å²) >= 11 is 0. The fourth-order valence-corrected chi connectivity index (χ4v) is 2.75. The van der Waals surface area contributed by atoms with Crippen molar-refractivity contribution in [3.63, 3.8) is 0 Å². The number of hydrogen-bond donors (Lipinski definition) is 0. The number of rotatable bonds is 3. The van der Waals surface area contributed by atoms with Crippen molar-refractivity contribution in [2.24, 2.45) is 0 Å². The first-order chi connectivity index (χ1) is 8.34. The van der Waals surface area contributed by atoms with E-state index in [1.807, 2.05) is 4.90 Å². The van der Waals surface area contributed by atoms with Crippen LogP contribution in [-0.2, 0) is 14.3 Å². The number of likely N-dealkylation sites (tertiary alicyclic amines) is 1. The molecule has 0 aromatic heterocycles. The molecule has 0 saturated carbocycles. The van der Waals surface area contributed by atoms with E-state index in [4.69, 9.17) is 9.47 Å². The quantitative estimate of drug-likeness (QED) is 0.636. The Labute approximate surface area is 102 Å². The van der Waals surface area contributed by atoms with Gasteiger partial charge < -0.3 is 14.4 Å². The Hall–Kier alpha value is -0.650. The van der Waals surface area contributed by atoms with Crippen LogP contribution in [0.2, 0.25) is 0 Å². The highest BCUT2D eigenvalue weighted by molar-refractivity contribution is 5.82. The Morgan fingerprint density at radius 3 is 2.71 bits per heavy atom. The Morgan fingerprint density at radius 2 is 2.00 bits per heavy atom. The van der Waals surface area contributed by atoms with Gasteiger partial charge in [-0.25, -0.2) is 0 Å². The van der Waals surface area contributed by atoms with Gasteiger partial charge in [0.15, 0.2) is 0 Å². The van der Waals surface area contributed by atoms with Crippen molar-refractivity contribution in [3.05, 3.63) is 0 Å². The van der Waals surface area contributed by atoms with E-state index in [0.717, 1.165) is 45.6 Å². The smallest absolute Gasteiger partial charge is 0.240 e. The van der Waals surface area contributed by atoms with Crippen LogP contribution in [0.3, 0.4) is 0 Å². The van der Waals surface area contributed by atoms with Crippen molar-refractivity contribution in [2.75, 3.05) is 46.0 Å². The molecule has 0 radical (unpaired) electrons. The van der Waals surface area contributed by atoms with Gasteiger partial charge in [-0.15, -0.1) is 0 Å². The van der Waals surface area contributed by atoms with E-state index in [9.17, 15) is 4.79 Å². The lowest BCUT2D eigenvalue weighted by molar-refractivity contribution is -0.140. The summed E-state index contributed by atoms with van der Waals surface area (Å²) in [6, 6.07) is 0.0947. The second kappa shape index (κ2) is 4.92. The molecule has 0 spiro atoms. The van der Waals surface area contributed by atoms with Gasteiger partial charge in [-0.05, 0) is 19.4 Å². The molecule has 2 atom stereocenters. The SMILES string of the molecule is O=C(C1CCCN1CC1CO1)N1CCOCC1. The minimum absolute atomic E-state index is 0.0947. The van der Waals surface area contributed by atoms with Crippen LogP contribution >= 0.6 is 0 Å². The molecule has 96 valence electrons. The molecule has 5 heteroatoms. The second-order valence-electron chi connectivity index (χ2n) is 5.05. The highest BCUT2D eigenvalue weighted by Gasteiger charge is 2.37. The first-order valence-corrected chi connectivity index (χ1v) is 6.57. The second-order valence-corrected chi connectivity index (χ2v) is 5.05. The van der Waals surface area contributed by atoms with Gasteiger partial charge in [0, 0.05) is 19.6 Å². The first kappa shape index (κ1) is 11.4. The molecule has 3 fully saturated rings. The standard InChI is InChI=1S/C12H20N2O3/c15-12(13-4-6-16-7-5-13)11-2-1-3-14(11)8-10-9-17-10/h10-11H,1-9H2. The molecule has 3 saturated heterocycles. The lowest BCUT2D eigenvalue weighted by atomic mass is 10.2. The summed E-state index contributed by atoms with van der Waals surface area (Å²) < 4.78 is 10.5. The summed E-state index contributed by atoms with van der Waals surface area (Å²) in [5.74, 6) is 0.298. The molecule has 17 heavy (non-hydrogen) atoms. The zero-order chi connectivity index (χ0) is 11.7. The van der Waals surface area contributed by atoms with E-state index < -0.39 is 0 Å². The van der Waals surface area contributed by atoms with Crippen LogP contribution in [0.5, 0.6) is 0 Å². The maximum Gasteiger partial charge on any atom is 0.240 e. The van der Waals surface area contributed by atoms with Crippen LogP contribution < -0.4 is 0 Å². The van der Waals surface area contributed by atoms with Gasteiger partial charge in [0.05, 0.1) is 32.0 Å². The van der Waals surface area contributed by atoms with Crippen LogP contribution in [0.1, 0.15) is 12.8 Å². The van der Waals surface area contributed by atoms with Crippen molar-refractivity contribution in [2.45, 2.75) is 25.0 Å². The summed E-state index contributed by atoms with van der Waals surface area (Å²) in [4.78, 5) is 16.7. The topological polar surface area (TPSA) is 45.3 Å². The maximum atomic E-state index is 12.4. The van der Waals surface area contributed by atoms with E-state index in [0.29, 0.717) is 25.2 Å². The summed E-state index contributed by atoms with van der Waals surface area (Å²) in [5, 5.41) is 0. The molecular weight excluding hydrogens is 220 g/mol. The number of ether oxygens (including phenoxy) is 2. The molecule has 0 aromatic rings. The van der Waals surface area contributed by atoms with Gasteiger partial charge in [0.1, 0.15) is 0 Å². The lowest BCUT2D eigenvalue weighted by Gasteiger charge is -2.32. The molecular formula is C12H20N2O3. The van der Waals surface area contributed by atoms with E-state index in [2.05, 4.69) is 4.90 Å². The van der Waals surface area contributed by atoms with Crippen molar-refractivity contribution < 1.29 is 14.3 Å². The largest absolute Gasteiger partial charge is 0.378 e.